The quantitative estimate of drug-likeness (QED) is 0.626. The highest BCUT2D eigenvalue weighted by Gasteiger charge is 2.20. The molecule has 0 aliphatic heterocycles. The maximum atomic E-state index is 5.42. The van der Waals surface area contributed by atoms with Gasteiger partial charge in [-0.25, -0.2) is 0 Å². The van der Waals surface area contributed by atoms with Gasteiger partial charge in [0.25, 0.3) is 0 Å². The lowest BCUT2D eigenvalue weighted by atomic mass is 9.90. The van der Waals surface area contributed by atoms with Gasteiger partial charge in [0.2, 0.25) is 0 Å². The molecule has 0 aromatic heterocycles. The normalized spacial score (nSPS) is 11.8. The SMILES string of the molecule is Cc1ccccc1C(C)(C)NCCNCCN. The molecule has 1 rings (SSSR count). The molecule has 0 heterocycles. The summed E-state index contributed by atoms with van der Waals surface area (Å²) in [5.74, 6) is 0. The fraction of sp³-hybridized carbons (Fsp3) is 0.571. The lowest BCUT2D eigenvalue weighted by Crippen LogP contribution is -2.41. The van der Waals surface area contributed by atoms with Gasteiger partial charge in [-0.1, -0.05) is 24.3 Å². The van der Waals surface area contributed by atoms with Crippen molar-refractivity contribution < 1.29 is 0 Å². The molecule has 0 bridgehead atoms. The number of rotatable bonds is 7. The van der Waals surface area contributed by atoms with Gasteiger partial charge >= 0.3 is 0 Å². The van der Waals surface area contributed by atoms with Gasteiger partial charge in [-0.15, -0.1) is 0 Å². The lowest BCUT2D eigenvalue weighted by Gasteiger charge is -2.28. The standard InChI is InChI=1S/C14H25N3/c1-12-6-4-5-7-13(12)14(2,3)17-11-10-16-9-8-15/h4-7,16-17H,8-11,15H2,1-3H3. The fourth-order valence-corrected chi connectivity index (χ4v) is 2.06. The van der Waals surface area contributed by atoms with Crippen LogP contribution in [-0.4, -0.2) is 26.2 Å². The lowest BCUT2D eigenvalue weighted by molar-refractivity contribution is 0.399. The number of aryl methyl sites for hydroxylation is 1. The Hall–Kier alpha value is -0.900. The predicted octanol–water partition coefficient (Wildman–Crippen LogP) is 1.37. The van der Waals surface area contributed by atoms with Crippen LogP contribution in [0.2, 0.25) is 0 Å². The van der Waals surface area contributed by atoms with Gasteiger partial charge in [-0.05, 0) is 31.9 Å². The zero-order chi connectivity index (χ0) is 12.7. The van der Waals surface area contributed by atoms with Crippen molar-refractivity contribution in [3.63, 3.8) is 0 Å². The monoisotopic (exact) mass is 235 g/mol. The van der Waals surface area contributed by atoms with Crippen molar-refractivity contribution in [3.05, 3.63) is 35.4 Å². The highest BCUT2D eigenvalue weighted by atomic mass is 15.0. The Bertz CT molecular complexity index is 334. The summed E-state index contributed by atoms with van der Waals surface area (Å²) in [6, 6.07) is 8.53. The first-order valence-electron chi connectivity index (χ1n) is 6.30. The Kier molecular flexibility index (Phi) is 5.62. The minimum absolute atomic E-state index is 0.00966. The van der Waals surface area contributed by atoms with E-state index >= 15 is 0 Å². The highest BCUT2D eigenvalue weighted by Crippen LogP contribution is 2.22. The van der Waals surface area contributed by atoms with Gasteiger partial charge in [0.15, 0.2) is 0 Å². The van der Waals surface area contributed by atoms with Crippen LogP contribution in [0.4, 0.5) is 0 Å². The minimum atomic E-state index is 0.00966. The molecule has 4 N–H and O–H groups in total. The second kappa shape index (κ2) is 6.74. The number of hydrogen-bond donors (Lipinski definition) is 3. The first-order valence-corrected chi connectivity index (χ1v) is 6.30. The molecular formula is C14H25N3. The predicted molar refractivity (Wildman–Crippen MR) is 74.1 cm³/mol. The number of nitrogens with one attached hydrogen (secondary N) is 2. The molecule has 0 saturated heterocycles. The summed E-state index contributed by atoms with van der Waals surface area (Å²) in [4.78, 5) is 0. The largest absolute Gasteiger partial charge is 0.329 e. The molecule has 0 atom stereocenters. The molecule has 0 aliphatic rings. The molecule has 1 aromatic rings. The Balaban J connectivity index is 2.48. The number of nitrogens with two attached hydrogens (primary N) is 1. The van der Waals surface area contributed by atoms with Crippen LogP contribution in [0.15, 0.2) is 24.3 Å². The summed E-state index contributed by atoms with van der Waals surface area (Å²) >= 11 is 0. The third-order valence-electron chi connectivity index (χ3n) is 3.01. The van der Waals surface area contributed by atoms with E-state index in [-0.39, 0.29) is 5.54 Å². The molecule has 17 heavy (non-hydrogen) atoms. The molecule has 0 saturated carbocycles. The van der Waals surface area contributed by atoms with E-state index in [1.165, 1.54) is 11.1 Å². The van der Waals surface area contributed by atoms with Gasteiger partial charge < -0.3 is 16.4 Å². The van der Waals surface area contributed by atoms with Gasteiger partial charge in [-0.3, -0.25) is 0 Å². The smallest absolute Gasteiger partial charge is 0.0380 e. The minimum Gasteiger partial charge on any atom is -0.329 e. The maximum Gasteiger partial charge on any atom is 0.0380 e. The molecule has 0 fully saturated rings. The van der Waals surface area contributed by atoms with Gasteiger partial charge in [-0.2, -0.15) is 0 Å². The zero-order valence-electron chi connectivity index (χ0n) is 11.2. The van der Waals surface area contributed by atoms with E-state index in [0.29, 0.717) is 6.54 Å². The van der Waals surface area contributed by atoms with Crippen LogP contribution in [-0.2, 0) is 5.54 Å². The summed E-state index contributed by atoms with van der Waals surface area (Å²) in [7, 11) is 0. The van der Waals surface area contributed by atoms with Crippen LogP contribution in [0.1, 0.15) is 25.0 Å². The van der Waals surface area contributed by atoms with E-state index in [0.717, 1.165) is 19.6 Å². The van der Waals surface area contributed by atoms with E-state index in [9.17, 15) is 0 Å². The summed E-state index contributed by atoms with van der Waals surface area (Å²) in [6.45, 7) is 10.1. The third kappa shape index (κ3) is 4.46. The van der Waals surface area contributed by atoms with Crippen molar-refractivity contribution in [1.29, 1.82) is 0 Å². The van der Waals surface area contributed by atoms with E-state index in [2.05, 4.69) is 55.7 Å². The number of benzene rings is 1. The topological polar surface area (TPSA) is 50.1 Å². The molecule has 0 radical (unpaired) electrons. The van der Waals surface area contributed by atoms with Crippen LogP contribution in [0, 0.1) is 6.92 Å². The molecule has 0 amide bonds. The van der Waals surface area contributed by atoms with Crippen molar-refractivity contribution in [3.8, 4) is 0 Å². The first kappa shape index (κ1) is 14.2. The molecule has 3 heteroatoms. The Morgan fingerprint density at radius 2 is 1.82 bits per heavy atom. The summed E-state index contributed by atoms with van der Waals surface area (Å²) < 4.78 is 0. The van der Waals surface area contributed by atoms with Crippen molar-refractivity contribution in [2.45, 2.75) is 26.3 Å². The number of hydrogen-bond acceptors (Lipinski definition) is 3. The zero-order valence-corrected chi connectivity index (χ0v) is 11.2. The van der Waals surface area contributed by atoms with Gasteiger partial charge in [0.05, 0.1) is 0 Å². The van der Waals surface area contributed by atoms with Gasteiger partial charge in [0, 0.05) is 31.7 Å². The first-order chi connectivity index (χ1) is 8.08. The van der Waals surface area contributed by atoms with E-state index in [4.69, 9.17) is 5.73 Å². The molecule has 0 unspecified atom stereocenters. The van der Waals surface area contributed by atoms with Crippen LogP contribution >= 0.6 is 0 Å². The van der Waals surface area contributed by atoms with E-state index < -0.39 is 0 Å². The van der Waals surface area contributed by atoms with Crippen molar-refractivity contribution in [2.75, 3.05) is 26.2 Å². The Morgan fingerprint density at radius 1 is 1.12 bits per heavy atom. The van der Waals surface area contributed by atoms with Gasteiger partial charge in [0.1, 0.15) is 0 Å². The van der Waals surface area contributed by atoms with Crippen LogP contribution in [0.5, 0.6) is 0 Å². The van der Waals surface area contributed by atoms with E-state index in [1.807, 2.05) is 0 Å². The Labute approximate surface area is 105 Å². The third-order valence-corrected chi connectivity index (χ3v) is 3.01. The average molecular weight is 235 g/mol. The molecular weight excluding hydrogens is 210 g/mol. The van der Waals surface area contributed by atoms with Crippen molar-refractivity contribution in [1.82, 2.24) is 10.6 Å². The molecule has 0 aliphatic carbocycles. The van der Waals surface area contributed by atoms with E-state index in [1.54, 1.807) is 0 Å². The summed E-state index contributed by atoms with van der Waals surface area (Å²) in [6.07, 6.45) is 0. The Morgan fingerprint density at radius 3 is 2.47 bits per heavy atom. The highest BCUT2D eigenvalue weighted by molar-refractivity contribution is 5.31. The molecule has 0 spiro atoms. The van der Waals surface area contributed by atoms with Crippen LogP contribution in [0.25, 0.3) is 0 Å². The van der Waals surface area contributed by atoms with Crippen molar-refractivity contribution >= 4 is 0 Å². The second-order valence-electron chi connectivity index (χ2n) is 4.91. The van der Waals surface area contributed by atoms with Crippen LogP contribution in [0.3, 0.4) is 0 Å². The molecule has 3 nitrogen and oxygen atoms in total. The second-order valence-corrected chi connectivity index (χ2v) is 4.91. The average Bonchev–Trinajstić information content (AvgIpc) is 2.29. The van der Waals surface area contributed by atoms with Crippen molar-refractivity contribution in [2.24, 2.45) is 5.73 Å². The summed E-state index contributed by atoms with van der Waals surface area (Å²) in [5.41, 5.74) is 8.13. The molecule has 1 aromatic carbocycles. The van der Waals surface area contributed by atoms with Crippen LogP contribution < -0.4 is 16.4 Å². The fourth-order valence-electron chi connectivity index (χ4n) is 2.06. The summed E-state index contributed by atoms with van der Waals surface area (Å²) in [5, 5.41) is 6.86. The molecule has 96 valence electrons. The maximum absolute atomic E-state index is 5.42.